The standard InChI is InChI=1S/C38H28O/c1-38(2,3)32-13-7-12-31-36-28(11-8-14-33(36)39-37(31)32)27-20-16-25-17-21-29-26(23-9-5-4-6-10-23)19-15-24-18-22-30(27)35(25)34(24)29/h4-22H,1-3H3. The Bertz CT molecular complexity index is 2190. The predicted molar refractivity (Wildman–Crippen MR) is 167 cm³/mol. The fourth-order valence-corrected chi connectivity index (χ4v) is 6.57. The summed E-state index contributed by atoms with van der Waals surface area (Å²) in [6, 6.07) is 42.1. The minimum absolute atomic E-state index is 0.00297. The van der Waals surface area contributed by atoms with Crippen LogP contribution in [0, 0.1) is 0 Å². The van der Waals surface area contributed by atoms with Crippen molar-refractivity contribution in [3.8, 4) is 22.3 Å². The number of hydrogen-bond donors (Lipinski definition) is 0. The van der Waals surface area contributed by atoms with Gasteiger partial charge in [0.2, 0.25) is 0 Å². The van der Waals surface area contributed by atoms with Gasteiger partial charge in [0.25, 0.3) is 0 Å². The summed E-state index contributed by atoms with van der Waals surface area (Å²) < 4.78 is 6.56. The molecule has 0 N–H and O–H groups in total. The lowest BCUT2D eigenvalue weighted by Crippen LogP contribution is -2.10. The highest BCUT2D eigenvalue weighted by Gasteiger charge is 2.23. The lowest BCUT2D eigenvalue weighted by atomic mass is 9.85. The molecule has 0 aliphatic carbocycles. The van der Waals surface area contributed by atoms with Crippen molar-refractivity contribution < 1.29 is 4.42 Å². The van der Waals surface area contributed by atoms with Gasteiger partial charge in [-0.25, -0.2) is 0 Å². The molecule has 1 nitrogen and oxygen atoms in total. The van der Waals surface area contributed by atoms with Crippen molar-refractivity contribution in [2.45, 2.75) is 26.2 Å². The second-order valence-corrected chi connectivity index (χ2v) is 11.7. The maximum atomic E-state index is 6.56. The van der Waals surface area contributed by atoms with Crippen LogP contribution in [0.5, 0.6) is 0 Å². The van der Waals surface area contributed by atoms with Crippen LogP contribution in [0.3, 0.4) is 0 Å². The monoisotopic (exact) mass is 500 g/mol. The molecule has 0 bridgehead atoms. The van der Waals surface area contributed by atoms with Crippen LogP contribution in [-0.4, -0.2) is 0 Å². The number of fused-ring (bicyclic) bond motifs is 3. The molecule has 186 valence electrons. The number of furan rings is 1. The van der Waals surface area contributed by atoms with E-state index in [9.17, 15) is 0 Å². The molecular formula is C38H28O. The van der Waals surface area contributed by atoms with E-state index in [0.29, 0.717) is 0 Å². The predicted octanol–water partition coefficient (Wildman–Crippen LogP) is 11.1. The molecule has 8 aromatic rings. The molecule has 0 saturated heterocycles. The average molecular weight is 501 g/mol. The van der Waals surface area contributed by atoms with E-state index in [1.807, 2.05) is 0 Å². The fourth-order valence-electron chi connectivity index (χ4n) is 6.57. The number of hydrogen-bond acceptors (Lipinski definition) is 1. The van der Waals surface area contributed by atoms with Crippen LogP contribution in [0.25, 0.3) is 76.5 Å². The zero-order chi connectivity index (χ0) is 26.3. The Balaban J connectivity index is 1.47. The van der Waals surface area contributed by atoms with E-state index in [1.165, 1.54) is 70.9 Å². The highest BCUT2D eigenvalue weighted by Crippen LogP contribution is 2.45. The Hall–Kier alpha value is -4.62. The van der Waals surface area contributed by atoms with Crippen LogP contribution >= 0.6 is 0 Å². The van der Waals surface area contributed by atoms with Crippen LogP contribution in [-0.2, 0) is 5.41 Å². The molecular weight excluding hydrogens is 472 g/mol. The third-order valence-electron chi connectivity index (χ3n) is 8.37. The molecule has 8 rings (SSSR count). The molecule has 0 aliphatic heterocycles. The Labute approximate surface area is 227 Å². The quantitative estimate of drug-likeness (QED) is 0.215. The fraction of sp³-hybridized carbons (Fsp3) is 0.105. The van der Waals surface area contributed by atoms with Gasteiger partial charge in [0.1, 0.15) is 11.2 Å². The maximum Gasteiger partial charge on any atom is 0.139 e. The smallest absolute Gasteiger partial charge is 0.139 e. The van der Waals surface area contributed by atoms with Gasteiger partial charge in [-0.15, -0.1) is 0 Å². The topological polar surface area (TPSA) is 13.1 Å². The summed E-state index contributed by atoms with van der Waals surface area (Å²) in [5.74, 6) is 0. The van der Waals surface area contributed by atoms with Crippen molar-refractivity contribution in [3.63, 3.8) is 0 Å². The van der Waals surface area contributed by atoms with E-state index >= 15 is 0 Å². The zero-order valence-electron chi connectivity index (χ0n) is 22.4. The van der Waals surface area contributed by atoms with E-state index in [0.717, 1.165) is 11.2 Å². The molecule has 1 heteroatoms. The van der Waals surface area contributed by atoms with E-state index in [1.54, 1.807) is 0 Å². The summed E-state index contributed by atoms with van der Waals surface area (Å²) in [5, 5.41) is 10.2. The van der Waals surface area contributed by atoms with Crippen LogP contribution in [0.4, 0.5) is 0 Å². The molecule has 0 radical (unpaired) electrons. The van der Waals surface area contributed by atoms with Gasteiger partial charge in [-0.3, -0.25) is 0 Å². The second kappa shape index (κ2) is 7.94. The molecule has 0 saturated carbocycles. The SMILES string of the molecule is CC(C)(C)c1cccc2c1oc1cccc(-c3ccc4ccc5c(-c6ccccc6)ccc6ccc3c4c65)c12. The molecule has 1 heterocycles. The summed E-state index contributed by atoms with van der Waals surface area (Å²) in [4.78, 5) is 0. The van der Waals surface area contributed by atoms with Crippen molar-refractivity contribution in [2.75, 3.05) is 0 Å². The van der Waals surface area contributed by atoms with Crippen LogP contribution in [0.1, 0.15) is 26.3 Å². The Kier molecular flexibility index (Phi) is 4.56. The van der Waals surface area contributed by atoms with Gasteiger partial charge >= 0.3 is 0 Å². The molecule has 1 aromatic heterocycles. The molecule has 0 fully saturated rings. The highest BCUT2D eigenvalue weighted by atomic mass is 16.3. The molecule has 39 heavy (non-hydrogen) atoms. The molecule has 0 atom stereocenters. The molecule has 0 aliphatic rings. The Morgan fingerprint density at radius 3 is 1.82 bits per heavy atom. The minimum atomic E-state index is -0.00297. The van der Waals surface area contributed by atoms with Gasteiger partial charge in [-0.05, 0) is 66.1 Å². The van der Waals surface area contributed by atoms with Gasteiger partial charge in [0.05, 0.1) is 0 Å². The molecule has 0 amide bonds. The number of para-hydroxylation sites is 1. The minimum Gasteiger partial charge on any atom is -0.456 e. The van der Waals surface area contributed by atoms with Gasteiger partial charge in [-0.1, -0.05) is 130 Å². The average Bonchev–Trinajstić information content (AvgIpc) is 3.35. The van der Waals surface area contributed by atoms with Crippen molar-refractivity contribution in [2.24, 2.45) is 0 Å². The number of benzene rings is 7. The molecule has 0 unspecified atom stereocenters. The first-order valence-corrected chi connectivity index (χ1v) is 13.7. The maximum absolute atomic E-state index is 6.56. The highest BCUT2D eigenvalue weighted by molar-refractivity contribution is 6.28. The lowest BCUT2D eigenvalue weighted by molar-refractivity contribution is 0.573. The van der Waals surface area contributed by atoms with E-state index in [4.69, 9.17) is 4.42 Å². The summed E-state index contributed by atoms with van der Waals surface area (Å²) in [6.45, 7) is 6.75. The van der Waals surface area contributed by atoms with Crippen molar-refractivity contribution in [1.29, 1.82) is 0 Å². The first-order chi connectivity index (χ1) is 19.0. The van der Waals surface area contributed by atoms with Gasteiger partial charge < -0.3 is 4.42 Å². The number of rotatable bonds is 2. The van der Waals surface area contributed by atoms with Gasteiger partial charge in [0.15, 0.2) is 0 Å². The second-order valence-electron chi connectivity index (χ2n) is 11.7. The summed E-state index contributed by atoms with van der Waals surface area (Å²) in [5.41, 5.74) is 8.17. The van der Waals surface area contributed by atoms with Crippen LogP contribution in [0.15, 0.2) is 120 Å². The first-order valence-electron chi connectivity index (χ1n) is 13.7. The van der Waals surface area contributed by atoms with E-state index in [2.05, 4.69) is 136 Å². The largest absolute Gasteiger partial charge is 0.456 e. The Morgan fingerprint density at radius 1 is 0.462 bits per heavy atom. The summed E-state index contributed by atoms with van der Waals surface area (Å²) in [7, 11) is 0. The summed E-state index contributed by atoms with van der Waals surface area (Å²) >= 11 is 0. The first kappa shape index (κ1) is 22.4. The summed E-state index contributed by atoms with van der Waals surface area (Å²) in [6.07, 6.45) is 0. The van der Waals surface area contributed by atoms with Crippen LogP contribution in [0.2, 0.25) is 0 Å². The van der Waals surface area contributed by atoms with Gasteiger partial charge in [-0.2, -0.15) is 0 Å². The lowest BCUT2D eigenvalue weighted by Gasteiger charge is -2.19. The van der Waals surface area contributed by atoms with Crippen LogP contribution < -0.4 is 0 Å². The van der Waals surface area contributed by atoms with Crippen molar-refractivity contribution in [3.05, 3.63) is 121 Å². The molecule has 7 aromatic carbocycles. The van der Waals surface area contributed by atoms with Crippen molar-refractivity contribution in [1.82, 2.24) is 0 Å². The third kappa shape index (κ3) is 3.20. The molecule has 0 spiro atoms. The van der Waals surface area contributed by atoms with E-state index in [-0.39, 0.29) is 5.41 Å². The normalized spacial score (nSPS) is 12.5. The third-order valence-corrected chi connectivity index (χ3v) is 8.37. The Morgan fingerprint density at radius 2 is 1.10 bits per heavy atom. The van der Waals surface area contributed by atoms with E-state index < -0.39 is 0 Å². The zero-order valence-corrected chi connectivity index (χ0v) is 22.4. The van der Waals surface area contributed by atoms with Crippen molar-refractivity contribution >= 4 is 54.3 Å². The van der Waals surface area contributed by atoms with Gasteiger partial charge in [0, 0.05) is 16.3 Å².